The maximum Gasteiger partial charge on any atom is 0.0807 e. The van der Waals surface area contributed by atoms with Gasteiger partial charge < -0.3 is 10.0 Å². The van der Waals surface area contributed by atoms with Gasteiger partial charge in [-0.15, -0.1) is 0 Å². The van der Waals surface area contributed by atoms with Gasteiger partial charge >= 0.3 is 0 Å². The number of aliphatic hydroxyl groups is 1. The molecule has 1 saturated heterocycles. The van der Waals surface area contributed by atoms with E-state index in [-0.39, 0.29) is 6.10 Å². The third-order valence-electron chi connectivity index (χ3n) is 4.01. The van der Waals surface area contributed by atoms with Crippen molar-refractivity contribution in [1.82, 2.24) is 0 Å². The molecule has 2 atom stereocenters. The summed E-state index contributed by atoms with van der Waals surface area (Å²) in [5.74, 6) is 0.835. The largest absolute Gasteiger partial charge is 0.388 e. The van der Waals surface area contributed by atoms with Crippen LogP contribution < -0.4 is 4.90 Å². The predicted octanol–water partition coefficient (Wildman–Crippen LogP) is 3.76. The van der Waals surface area contributed by atoms with Gasteiger partial charge in [0.1, 0.15) is 0 Å². The molecule has 0 spiro atoms. The van der Waals surface area contributed by atoms with Crippen molar-refractivity contribution < 1.29 is 5.11 Å². The summed E-state index contributed by atoms with van der Waals surface area (Å²) in [5, 5.41) is 10.1. The molecule has 1 aromatic carbocycles. The highest BCUT2D eigenvalue weighted by Gasteiger charge is 2.24. The summed E-state index contributed by atoms with van der Waals surface area (Å²) >= 11 is 0. The molecule has 0 bridgehead atoms. The third kappa shape index (κ3) is 2.86. The molecule has 0 saturated carbocycles. The van der Waals surface area contributed by atoms with Gasteiger partial charge in [0, 0.05) is 24.3 Å². The molecule has 1 aliphatic rings. The second kappa shape index (κ2) is 6.24. The molecule has 1 heterocycles. The van der Waals surface area contributed by atoms with Gasteiger partial charge in [0.15, 0.2) is 0 Å². The topological polar surface area (TPSA) is 23.5 Å². The van der Waals surface area contributed by atoms with Crippen LogP contribution in [0.4, 0.5) is 5.69 Å². The van der Waals surface area contributed by atoms with Crippen molar-refractivity contribution in [2.75, 3.05) is 18.0 Å². The first-order valence-corrected chi connectivity index (χ1v) is 7.28. The van der Waals surface area contributed by atoms with Crippen LogP contribution >= 0.6 is 0 Å². The van der Waals surface area contributed by atoms with Crippen molar-refractivity contribution in [2.45, 2.75) is 45.6 Å². The molecule has 1 N–H and O–H groups in total. The average molecular weight is 247 g/mol. The summed E-state index contributed by atoms with van der Waals surface area (Å²) in [7, 11) is 0. The third-order valence-corrected chi connectivity index (χ3v) is 4.01. The number of para-hydroxylation sites is 1. The summed E-state index contributed by atoms with van der Waals surface area (Å²) in [6, 6.07) is 8.32. The summed E-state index contributed by atoms with van der Waals surface area (Å²) in [6.07, 6.45) is 4.35. The van der Waals surface area contributed by atoms with Crippen molar-refractivity contribution in [2.24, 2.45) is 5.92 Å². The SMILES string of the molecule is CCCC1CCN(c2ccccc2C(O)CC)C1. The van der Waals surface area contributed by atoms with E-state index in [4.69, 9.17) is 0 Å². The minimum absolute atomic E-state index is 0.327. The number of hydrogen-bond acceptors (Lipinski definition) is 2. The van der Waals surface area contributed by atoms with Gasteiger partial charge in [0.25, 0.3) is 0 Å². The number of anilines is 1. The Balaban J connectivity index is 2.14. The highest BCUT2D eigenvalue weighted by atomic mass is 16.3. The number of aliphatic hydroxyl groups excluding tert-OH is 1. The van der Waals surface area contributed by atoms with Gasteiger partial charge in [-0.2, -0.15) is 0 Å². The van der Waals surface area contributed by atoms with Crippen molar-refractivity contribution in [3.8, 4) is 0 Å². The molecule has 1 aliphatic heterocycles. The molecule has 0 aromatic heterocycles. The summed E-state index contributed by atoms with van der Waals surface area (Å²) in [5.41, 5.74) is 2.34. The molecule has 18 heavy (non-hydrogen) atoms. The van der Waals surface area contributed by atoms with Gasteiger partial charge in [0.05, 0.1) is 6.10 Å². The molecule has 2 unspecified atom stereocenters. The maximum absolute atomic E-state index is 10.1. The predicted molar refractivity (Wildman–Crippen MR) is 76.9 cm³/mol. The number of rotatable bonds is 5. The Hall–Kier alpha value is -1.02. The Morgan fingerprint density at radius 3 is 2.83 bits per heavy atom. The van der Waals surface area contributed by atoms with Gasteiger partial charge in [0.2, 0.25) is 0 Å². The van der Waals surface area contributed by atoms with E-state index in [9.17, 15) is 5.11 Å². The van der Waals surface area contributed by atoms with E-state index < -0.39 is 0 Å². The van der Waals surface area contributed by atoms with Crippen molar-refractivity contribution in [3.05, 3.63) is 29.8 Å². The first-order valence-electron chi connectivity index (χ1n) is 7.28. The van der Waals surface area contributed by atoms with E-state index in [1.807, 2.05) is 13.0 Å². The lowest BCUT2D eigenvalue weighted by Gasteiger charge is -2.24. The van der Waals surface area contributed by atoms with E-state index >= 15 is 0 Å². The fourth-order valence-electron chi connectivity index (χ4n) is 2.97. The lowest BCUT2D eigenvalue weighted by molar-refractivity contribution is 0.174. The molecule has 100 valence electrons. The van der Waals surface area contributed by atoms with Crippen LogP contribution in [0.3, 0.4) is 0 Å². The minimum atomic E-state index is -0.327. The molecule has 1 aromatic rings. The Morgan fingerprint density at radius 1 is 1.33 bits per heavy atom. The quantitative estimate of drug-likeness (QED) is 0.856. The van der Waals surface area contributed by atoms with Gasteiger partial charge in [-0.3, -0.25) is 0 Å². The molecule has 2 nitrogen and oxygen atoms in total. The van der Waals surface area contributed by atoms with Crippen LogP contribution in [0.2, 0.25) is 0 Å². The number of benzene rings is 1. The van der Waals surface area contributed by atoms with E-state index in [1.165, 1.54) is 24.9 Å². The molecule has 0 radical (unpaired) electrons. The molecule has 2 rings (SSSR count). The zero-order valence-electron chi connectivity index (χ0n) is 11.6. The normalized spacial score (nSPS) is 21.3. The highest BCUT2D eigenvalue weighted by Crippen LogP contribution is 2.32. The summed E-state index contributed by atoms with van der Waals surface area (Å²) < 4.78 is 0. The van der Waals surface area contributed by atoms with Crippen molar-refractivity contribution >= 4 is 5.69 Å². The standard InChI is InChI=1S/C16H25NO/c1-3-7-13-10-11-17(12-13)15-9-6-5-8-14(15)16(18)4-2/h5-6,8-9,13,16,18H,3-4,7,10-12H2,1-2H3. The summed E-state index contributed by atoms with van der Waals surface area (Å²) in [4.78, 5) is 2.45. The fourth-order valence-corrected chi connectivity index (χ4v) is 2.97. The van der Waals surface area contributed by atoms with Crippen LogP contribution in [0.15, 0.2) is 24.3 Å². The zero-order valence-corrected chi connectivity index (χ0v) is 11.6. The van der Waals surface area contributed by atoms with E-state index in [0.717, 1.165) is 31.0 Å². The Kier molecular flexibility index (Phi) is 4.65. The first-order chi connectivity index (χ1) is 8.76. The average Bonchev–Trinajstić information content (AvgIpc) is 2.87. The number of hydrogen-bond donors (Lipinski definition) is 1. The van der Waals surface area contributed by atoms with E-state index in [1.54, 1.807) is 0 Å². The summed E-state index contributed by atoms with van der Waals surface area (Å²) in [6.45, 7) is 6.59. The Labute approximate surface area is 111 Å². The molecule has 0 amide bonds. The smallest absolute Gasteiger partial charge is 0.0807 e. The molecule has 0 aliphatic carbocycles. The zero-order chi connectivity index (χ0) is 13.0. The van der Waals surface area contributed by atoms with Gasteiger partial charge in [-0.25, -0.2) is 0 Å². The van der Waals surface area contributed by atoms with Gasteiger partial charge in [-0.05, 0) is 31.2 Å². The van der Waals surface area contributed by atoms with Crippen LogP contribution in [0.5, 0.6) is 0 Å². The second-order valence-electron chi connectivity index (χ2n) is 5.37. The highest BCUT2D eigenvalue weighted by molar-refractivity contribution is 5.55. The molecule has 2 heteroatoms. The molecular weight excluding hydrogens is 222 g/mol. The molecular formula is C16H25NO. The van der Waals surface area contributed by atoms with Crippen LogP contribution in [0, 0.1) is 5.92 Å². The lowest BCUT2D eigenvalue weighted by Crippen LogP contribution is -2.21. The van der Waals surface area contributed by atoms with Crippen LogP contribution in [-0.4, -0.2) is 18.2 Å². The second-order valence-corrected chi connectivity index (χ2v) is 5.37. The Bertz CT molecular complexity index is 377. The van der Waals surface area contributed by atoms with Crippen LogP contribution in [0.25, 0.3) is 0 Å². The molecule has 1 fully saturated rings. The van der Waals surface area contributed by atoms with Gasteiger partial charge in [-0.1, -0.05) is 38.5 Å². The maximum atomic E-state index is 10.1. The fraction of sp³-hybridized carbons (Fsp3) is 0.625. The van der Waals surface area contributed by atoms with E-state index in [0.29, 0.717) is 0 Å². The lowest BCUT2D eigenvalue weighted by atomic mass is 10.0. The van der Waals surface area contributed by atoms with Crippen LogP contribution in [-0.2, 0) is 0 Å². The minimum Gasteiger partial charge on any atom is -0.388 e. The van der Waals surface area contributed by atoms with E-state index in [2.05, 4.69) is 30.0 Å². The van der Waals surface area contributed by atoms with Crippen molar-refractivity contribution in [3.63, 3.8) is 0 Å². The van der Waals surface area contributed by atoms with Crippen molar-refractivity contribution in [1.29, 1.82) is 0 Å². The first kappa shape index (κ1) is 13.4. The number of nitrogens with zero attached hydrogens (tertiary/aromatic N) is 1. The Morgan fingerprint density at radius 2 is 2.11 bits per heavy atom. The monoisotopic (exact) mass is 247 g/mol. The van der Waals surface area contributed by atoms with Crippen LogP contribution in [0.1, 0.15) is 51.2 Å².